The summed E-state index contributed by atoms with van der Waals surface area (Å²) >= 11 is 0. The molecule has 0 amide bonds. The van der Waals surface area contributed by atoms with Crippen LogP contribution in [0.1, 0.15) is 16.8 Å². The van der Waals surface area contributed by atoms with Gasteiger partial charge in [-0.1, -0.05) is 18.2 Å². The van der Waals surface area contributed by atoms with Crippen molar-refractivity contribution in [2.24, 2.45) is 0 Å². The molecular formula is C11H12O4S. The number of hydrogen-bond donors (Lipinski definition) is 0. The standard InChI is InChI=1S/C11H12O4S/c12-11(9-4-2-1-3-5-9)15-10-6-7-16(13,14)8-10/h1-5,10H,6-8H2. The summed E-state index contributed by atoms with van der Waals surface area (Å²) in [5.41, 5.74) is 0.451. The predicted octanol–water partition coefficient (Wildman–Crippen LogP) is 1.03. The maximum Gasteiger partial charge on any atom is 0.338 e. The minimum Gasteiger partial charge on any atom is -0.458 e. The Balaban J connectivity index is 1.99. The molecule has 1 aromatic rings. The van der Waals surface area contributed by atoms with Crippen molar-refractivity contribution in [1.82, 2.24) is 0 Å². The van der Waals surface area contributed by atoms with Crippen molar-refractivity contribution in [2.45, 2.75) is 12.5 Å². The van der Waals surface area contributed by atoms with Gasteiger partial charge in [0.25, 0.3) is 0 Å². The van der Waals surface area contributed by atoms with Crippen LogP contribution in [0, 0.1) is 0 Å². The molecule has 1 aliphatic rings. The number of ether oxygens (including phenoxy) is 1. The number of carbonyl (C=O) groups excluding carboxylic acids is 1. The SMILES string of the molecule is O=C(OC1CCS(=O)(=O)C1)c1ccccc1. The zero-order valence-electron chi connectivity index (χ0n) is 8.63. The molecule has 1 atom stereocenters. The van der Waals surface area contributed by atoms with Crippen LogP contribution in [-0.2, 0) is 14.6 Å². The lowest BCUT2D eigenvalue weighted by Gasteiger charge is -2.09. The van der Waals surface area contributed by atoms with E-state index in [4.69, 9.17) is 4.74 Å². The summed E-state index contributed by atoms with van der Waals surface area (Å²) in [6, 6.07) is 8.57. The first kappa shape index (κ1) is 11.1. The Kier molecular flexibility index (Phi) is 2.96. The summed E-state index contributed by atoms with van der Waals surface area (Å²) in [6.07, 6.45) is -0.0846. The van der Waals surface area contributed by atoms with E-state index in [0.29, 0.717) is 12.0 Å². The molecule has 1 aliphatic heterocycles. The fourth-order valence-electron chi connectivity index (χ4n) is 1.65. The molecule has 1 heterocycles. The minimum atomic E-state index is -3.00. The lowest BCUT2D eigenvalue weighted by atomic mass is 10.2. The number of esters is 1. The van der Waals surface area contributed by atoms with Crippen LogP contribution in [0.15, 0.2) is 30.3 Å². The quantitative estimate of drug-likeness (QED) is 0.724. The second kappa shape index (κ2) is 4.25. The first-order valence-corrected chi connectivity index (χ1v) is 6.85. The van der Waals surface area contributed by atoms with Crippen LogP contribution >= 0.6 is 0 Å². The van der Waals surface area contributed by atoms with E-state index in [1.165, 1.54) is 0 Å². The summed E-state index contributed by atoms with van der Waals surface area (Å²) in [5.74, 6) is -0.395. The second-order valence-corrected chi connectivity index (χ2v) is 6.03. The van der Waals surface area contributed by atoms with Crippen molar-refractivity contribution >= 4 is 15.8 Å². The number of rotatable bonds is 2. The monoisotopic (exact) mass is 240 g/mol. The van der Waals surface area contributed by atoms with Crippen LogP contribution in [0.5, 0.6) is 0 Å². The van der Waals surface area contributed by atoms with E-state index in [2.05, 4.69) is 0 Å². The number of sulfone groups is 1. The Morgan fingerprint density at radius 1 is 1.25 bits per heavy atom. The highest BCUT2D eigenvalue weighted by Gasteiger charge is 2.30. The molecule has 0 aromatic heterocycles. The van der Waals surface area contributed by atoms with Gasteiger partial charge < -0.3 is 4.74 Å². The fourth-order valence-corrected chi connectivity index (χ4v) is 3.24. The van der Waals surface area contributed by atoms with Crippen molar-refractivity contribution in [3.8, 4) is 0 Å². The van der Waals surface area contributed by atoms with Crippen LogP contribution in [0.25, 0.3) is 0 Å². The third kappa shape index (κ3) is 2.61. The van der Waals surface area contributed by atoms with Crippen LogP contribution in [0.4, 0.5) is 0 Å². The van der Waals surface area contributed by atoms with Gasteiger partial charge in [0.1, 0.15) is 6.10 Å². The van der Waals surface area contributed by atoms with E-state index in [0.717, 1.165) is 0 Å². The van der Waals surface area contributed by atoms with E-state index >= 15 is 0 Å². The Bertz CT molecular complexity index is 478. The molecule has 1 aromatic carbocycles. The molecule has 0 aliphatic carbocycles. The molecule has 0 radical (unpaired) electrons. The molecule has 2 rings (SSSR count). The molecular weight excluding hydrogens is 228 g/mol. The van der Waals surface area contributed by atoms with E-state index in [-0.39, 0.29) is 11.5 Å². The fraction of sp³-hybridized carbons (Fsp3) is 0.364. The number of hydrogen-bond acceptors (Lipinski definition) is 4. The molecule has 1 unspecified atom stereocenters. The van der Waals surface area contributed by atoms with Gasteiger partial charge in [-0.05, 0) is 18.6 Å². The van der Waals surface area contributed by atoms with E-state index < -0.39 is 21.9 Å². The van der Waals surface area contributed by atoms with E-state index in [9.17, 15) is 13.2 Å². The molecule has 0 bridgehead atoms. The van der Waals surface area contributed by atoms with Gasteiger partial charge in [0, 0.05) is 0 Å². The summed E-state index contributed by atoms with van der Waals surface area (Å²) in [6.45, 7) is 0. The molecule has 1 saturated heterocycles. The normalized spacial score (nSPS) is 22.9. The molecule has 0 saturated carbocycles. The molecule has 0 spiro atoms. The number of carbonyl (C=O) groups is 1. The summed E-state index contributed by atoms with van der Waals surface area (Å²) in [7, 11) is -3.00. The molecule has 0 N–H and O–H groups in total. The lowest BCUT2D eigenvalue weighted by molar-refractivity contribution is 0.0356. The van der Waals surface area contributed by atoms with Gasteiger partial charge >= 0.3 is 5.97 Å². The van der Waals surface area contributed by atoms with Crippen LogP contribution in [-0.4, -0.2) is 32.0 Å². The molecule has 5 heteroatoms. The summed E-state index contributed by atoms with van der Waals surface area (Å²) < 4.78 is 27.5. The van der Waals surface area contributed by atoms with Crippen molar-refractivity contribution in [1.29, 1.82) is 0 Å². The Labute approximate surface area is 94.2 Å². The largest absolute Gasteiger partial charge is 0.458 e. The maximum atomic E-state index is 11.6. The third-order valence-electron chi connectivity index (χ3n) is 2.47. The zero-order chi connectivity index (χ0) is 11.6. The minimum absolute atomic E-state index is 0.0500. The molecule has 16 heavy (non-hydrogen) atoms. The molecule has 86 valence electrons. The average Bonchev–Trinajstić information content (AvgIpc) is 2.59. The van der Waals surface area contributed by atoms with Crippen molar-refractivity contribution in [3.05, 3.63) is 35.9 Å². The maximum absolute atomic E-state index is 11.6. The van der Waals surface area contributed by atoms with Crippen molar-refractivity contribution < 1.29 is 17.9 Å². The highest BCUT2D eigenvalue weighted by Crippen LogP contribution is 2.16. The van der Waals surface area contributed by atoms with Gasteiger partial charge in [-0.15, -0.1) is 0 Å². The van der Waals surface area contributed by atoms with Gasteiger partial charge in [-0.2, -0.15) is 0 Å². The van der Waals surface area contributed by atoms with Gasteiger partial charge in [-0.3, -0.25) is 0 Å². The summed E-state index contributed by atoms with van der Waals surface area (Å²) in [5, 5.41) is 0. The number of benzene rings is 1. The highest BCUT2D eigenvalue weighted by atomic mass is 32.2. The molecule has 1 fully saturated rings. The van der Waals surface area contributed by atoms with Crippen molar-refractivity contribution in [2.75, 3.05) is 11.5 Å². The smallest absolute Gasteiger partial charge is 0.338 e. The average molecular weight is 240 g/mol. The topological polar surface area (TPSA) is 60.4 Å². The lowest BCUT2D eigenvalue weighted by Crippen LogP contribution is -2.19. The van der Waals surface area contributed by atoms with Gasteiger partial charge in [0.2, 0.25) is 0 Å². The highest BCUT2D eigenvalue weighted by molar-refractivity contribution is 7.91. The predicted molar refractivity (Wildman–Crippen MR) is 58.9 cm³/mol. The van der Waals surface area contributed by atoms with Crippen LogP contribution < -0.4 is 0 Å². The Morgan fingerprint density at radius 2 is 1.94 bits per heavy atom. The van der Waals surface area contributed by atoms with Gasteiger partial charge in [0.05, 0.1) is 17.1 Å². The molecule has 4 nitrogen and oxygen atoms in total. The zero-order valence-corrected chi connectivity index (χ0v) is 9.44. The van der Waals surface area contributed by atoms with Crippen LogP contribution in [0.3, 0.4) is 0 Å². The Hall–Kier alpha value is -1.36. The Morgan fingerprint density at radius 3 is 2.50 bits per heavy atom. The third-order valence-corrected chi connectivity index (χ3v) is 4.21. The van der Waals surface area contributed by atoms with Gasteiger partial charge in [0.15, 0.2) is 9.84 Å². The van der Waals surface area contributed by atoms with E-state index in [1.807, 2.05) is 0 Å². The second-order valence-electron chi connectivity index (χ2n) is 3.80. The van der Waals surface area contributed by atoms with Crippen molar-refractivity contribution in [3.63, 3.8) is 0 Å². The first-order valence-electron chi connectivity index (χ1n) is 5.03. The van der Waals surface area contributed by atoms with E-state index in [1.54, 1.807) is 30.3 Å². The first-order chi connectivity index (χ1) is 7.57. The van der Waals surface area contributed by atoms with Crippen LogP contribution in [0.2, 0.25) is 0 Å². The van der Waals surface area contributed by atoms with Gasteiger partial charge in [-0.25, -0.2) is 13.2 Å². The summed E-state index contributed by atoms with van der Waals surface area (Å²) in [4.78, 5) is 11.6.